The van der Waals surface area contributed by atoms with Gasteiger partial charge in [0.15, 0.2) is 0 Å². The Morgan fingerprint density at radius 3 is 2.56 bits per heavy atom. The number of carbonyl (C=O) groups is 1. The molecule has 0 aromatic rings. The van der Waals surface area contributed by atoms with Gasteiger partial charge in [0.25, 0.3) is 0 Å². The highest BCUT2D eigenvalue weighted by Gasteiger charge is 1.88. The van der Waals surface area contributed by atoms with Crippen molar-refractivity contribution in [2.24, 2.45) is 11.6 Å². The third kappa shape index (κ3) is 7.19. The average Bonchev–Trinajstić information content (AvgIpc) is 1.80. The number of amides is 2. The summed E-state index contributed by atoms with van der Waals surface area (Å²) >= 11 is 0. The monoisotopic (exact) mass is 132 g/mol. The molecule has 0 saturated carbocycles. The maximum Gasteiger partial charge on any atom is 0.312 e. The number of urea groups is 1. The molecule has 0 aliphatic heterocycles. The Balaban J connectivity index is 2.83. The van der Waals surface area contributed by atoms with Gasteiger partial charge in [-0.05, 0) is 6.42 Å². The van der Waals surface area contributed by atoms with Gasteiger partial charge in [0.2, 0.25) is 0 Å². The first kappa shape index (κ1) is 8.19. The molecule has 0 aromatic heterocycles. The van der Waals surface area contributed by atoms with Crippen LogP contribution in [0.4, 0.5) is 4.79 Å². The fraction of sp³-hybridized carbons (Fsp3) is 0.750. The van der Waals surface area contributed by atoms with Gasteiger partial charge >= 0.3 is 6.03 Å². The number of hydrogen-bond acceptors (Lipinski definition) is 3. The highest BCUT2D eigenvalue weighted by Crippen LogP contribution is 1.68. The van der Waals surface area contributed by atoms with Crippen LogP contribution in [-0.2, 0) is 0 Å². The van der Waals surface area contributed by atoms with Crippen LogP contribution < -0.4 is 22.3 Å². The number of primary amides is 1. The molecule has 0 rings (SSSR count). The van der Waals surface area contributed by atoms with Gasteiger partial charge < -0.3 is 11.1 Å². The fourth-order valence-corrected chi connectivity index (χ4v) is 0.402. The lowest BCUT2D eigenvalue weighted by Gasteiger charge is -1.98. The molecule has 0 fully saturated rings. The summed E-state index contributed by atoms with van der Waals surface area (Å²) in [6.07, 6.45) is 0.791. The van der Waals surface area contributed by atoms with Gasteiger partial charge in [-0.25, -0.2) is 4.79 Å². The molecule has 9 heavy (non-hydrogen) atoms. The third-order valence-electron chi connectivity index (χ3n) is 0.797. The molecule has 0 spiro atoms. The van der Waals surface area contributed by atoms with Crippen molar-refractivity contribution >= 4 is 6.03 Å². The summed E-state index contributed by atoms with van der Waals surface area (Å²) in [7, 11) is 0. The Morgan fingerprint density at radius 2 is 2.11 bits per heavy atom. The van der Waals surface area contributed by atoms with Gasteiger partial charge in [-0.3, -0.25) is 11.3 Å². The van der Waals surface area contributed by atoms with E-state index in [1.54, 1.807) is 0 Å². The topological polar surface area (TPSA) is 93.2 Å². The highest BCUT2D eigenvalue weighted by atomic mass is 16.2. The molecule has 0 heterocycles. The molecule has 0 bridgehead atoms. The van der Waals surface area contributed by atoms with Gasteiger partial charge in [-0.1, -0.05) is 0 Å². The smallest absolute Gasteiger partial charge is 0.312 e. The lowest BCUT2D eigenvalue weighted by molar-refractivity contribution is 0.249. The van der Waals surface area contributed by atoms with Crippen molar-refractivity contribution in [1.29, 1.82) is 0 Å². The number of nitrogens with one attached hydrogen (secondary N) is 2. The SMILES string of the molecule is NNCCCNC(N)=O. The summed E-state index contributed by atoms with van der Waals surface area (Å²) in [5.41, 5.74) is 7.22. The summed E-state index contributed by atoms with van der Waals surface area (Å²) < 4.78 is 0. The molecule has 0 aliphatic carbocycles. The molecule has 0 aromatic carbocycles. The van der Waals surface area contributed by atoms with Crippen molar-refractivity contribution in [3.63, 3.8) is 0 Å². The molecule has 0 atom stereocenters. The minimum atomic E-state index is -0.493. The molecule has 0 saturated heterocycles. The van der Waals surface area contributed by atoms with Crippen LogP contribution in [0.25, 0.3) is 0 Å². The molecule has 5 nitrogen and oxygen atoms in total. The number of hydrogen-bond donors (Lipinski definition) is 4. The quantitative estimate of drug-likeness (QED) is 0.213. The number of hydrazine groups is 1. The van der Waals surface area contributed by atoms with Gasteiger partial charge in [-0.2, -0.15) is 0 Å². The second-order valence-corrected chi connectivity index (χ2v) is 1.60. The zero-order chi connectivity index (χ0) is 7.11. The largest absolute Gasteiger partial charge is 0.352 e. The molecule has 2 amide bonds. The minimum absolute atomic E-state index is 0.493. The van der Waals surface area contributed by atoms with Crippen molar-refractivity contribution in [2.45, 2.75) is 6.42 Å². The zero-order valence-electron chi connectivity index (χ0n) is 5.18. The summed E-state index contributed by atoms with van der Waals surface area (Å²) in [5, 5.41) is 2.42. The van der Waals surface area contributed by atoms with E-state index in [0.29, 0.717) is 13.1 Å². The number of carbonyl (C=O) groups excluding carboxylic acids is 1. The maximum absolute atomic E-state index is 10.0. The molecule has 54 valence electrons. The molecular formula is C4H12N4O. The van der Waals surface area contributed by atoms with Crippen molar-refractivity contribution < 1.29 is 4.79 Å². The molecular weight excluding hydrogens is 120 g/mol. The van der Waals surface area contributed by atoms with E-state index in [2.05, 4.69) is 10.7 Å². The lowest BCUT2D eigenvalue weighted by Crippen LogP contribution is -2.32. The Kier molecular flexibility index (Phi) is 4.85. The zero-order valence-corrected chi connectivity index (χ0v) is 5.18. The normalized spacial score (nSPS) is 9.00. The molecule has 0 radical (unpaired) electrons. The Morgan fingerprint density at radius 1 is 1.44 bits per heavy atom. The van der Waals surface area contributed by atoms with Crippen molar-refractivity contribution in [3.8, 4) is 0 Å². The first-order chi connectivity index (χ1) is 4.27. The van der Waals surface area contributed by atoms with Gasteiger partial charge in [-0.15, -0.1) is 0 Å². The van der Waals surface area contributed by atoms with Crippen LogP contribution in [-0.4, -0.2) is 19.1 Å². The van der Waals surface area contributed by atoms with Crippen LogP contribution in [0.1, 0.15) is 6.42 Å². The molecule has 6 N–H and O–H groups in total. The van der Waals surface area contributed by atoms with Crippen molar-refractivity contribution in [3.05, 3.63) is 0 Å². The van der Waals surface area contributed by atoms with Crippen LogP contribution in [0, 0.1) is 0 Å². The van der Waals surface area contributed by atoms with E-state index in [0.717, 1.165) is 6.42 Å². The Labute approximate surface area is 53.7 Å². The number of nitrogens with two attached hydrogens (primary N) is 2. The van der Waals surface area contributed by atoms with E-state index in [9.17, 15) is 4.79 Å². The average molecular weight is 132 g/mol. The van der Waals surface area contributed by atoms with E-state index in [1.807, 2.05) is 0 Å². The van der Waals surface area contributed by atoms with Crippen LogP contribution in [0.5, 0.6) is 0 Å². The highest BCUT2D eigenvalue weighted by molar-refractivity contribution is 5.71. The standard InChI is InChI=1S/C4H12N4O/c5-4(9)7-2-1-3-8-6/h8H,1-3,6H2,(H3,5,7,9). The van der Waals surface area contributed by atoms with Crippen molar-refractivity contribution in [1.82, 2.24) is 10.7 Å². The summed E-state index contributed by atoms with van der Waals surface area (Å²) in [4.78, 5) is 10.0. The van der Waals surface area contributed by atoms with Crippen LogP contribution >= 0.6 is 0 Å². The van der Waals surface area contributed by atoms with Crippen LogP contribution in [0.15, 0.2) is 0 Å². The third-order valence-corrected chi connectivity index (χ3v) is 0.797. The van der Waals surface area contributed by atoms with E-state index in [1.165, 1.54) is 0 Å². The van der Waals surface area contributed by atoms with Crippen LogP contribution in [0.3, 0.4) is 0 Å². The van der Waals surface area contributed by atoms with Crippen molar-refractivity contribution in [2.75, 3.05) is 13.1 Å². The van der Waals surface area contributed by atoms with Gasteiger partial charge in [0, 0.05) is 13.1 Å². The molecule has 5 heteroatoms. The predicted molar refractivity (Wildman–Crippen MR) is 34.4 cm³/mol. The predicted octanol–water partition coefficient (Wildman–Crippen LogP) is -1.49. The second-order valence-electron chi connectivity index (χ2n) is 1.60. The minimum Gasteiger partial charge on any atom is -0.352 e. The molecule has 0 unspecified atom stereocenters. The maximum atomic E-state index is 10.0. The summed E-state index contributed by atoms with van der Waals surface area (Å²) in [6.45, 7) is 1.25. The van der Waals surface area contributed by atoms with E-state index in [4.69, 9.17) is 11.6 Å². The Hall–Kier alpha value is -0.810. The summed E-state index contributed by atoms with van der Waals surface area (Å²) in [5.74, 6) is 4.95. The van der Waals surface area contributed by atoms with E-state index in [-0.39, 0.29) is 0 Å². The van der Waals surface area contributed by atoms with E-state index < -0.39 is 6.03 Å². The van der Waals surface area contributed by atoms with E-state index >= 15 is 0 Å². The Bertz CT molecular complexity index is 84.6. The first-order valence-electron chi connectivity index (χ1n) is 2.74. The van der Waals surface area contributed by atoms with Crippen LogP contribution in [0.2, 0.25) is 0 Å². The molecule has 0 aliphatic rings. The van der Waals surface area contributed by atoms with Gasteiger partial charge in [0.05, 0.1) is 0 Å². The summed E-state index contributed by atoms with van der Waals surface area (Å²) in [6, 6.07) is -0.493. The lowest BCUT2D eigenvalue weighted by atomic mass is 10.4. The second kappa shape index (κ2) is 5.33. The fourth-order valence-electron chi connectivity index (χ4n) is 0.402. The van der Waals surface area contributed by atoms with Gasteiger partial charge in [0.1, 0.15) is 0 Å². The first-order valence-corrected chi connectivity index (χ1v) is 2.74. The number of rotatable bonds is 4.